The summed E-state index contributed by atoms with van der Waals surface area (Å²) in [6, 6.07) is 7.63. The van der Waals surface area contributed by atoms with E-state index in [0.717, 1.165) is 36.7 Å². The third-order valence-corrected chi connectivity index (χ3v) is 11.2. The van der Waals surface area contributed by atoms with Crippen molar-refractivity contribution in [3.05, 3.63) is 42.1 Å². The van der Waals surface area contributed by atoms with Crippen LogP contribution in [0.5, 0.6) is 0 Å². The van der Waals surface area contributed by atoms with Gasteiger partial charge in [0.1, 0.15) is 10.6 Å². The summed E-state index contributed by atoms with van der Waals surface area (Å²) in [6.45, 7) is 4.25. The lowest BCUT2D eigenvalue weighted by Gasteiger charge is -2.60. The van der Waals surface area contributed by atoms with Crippen LogP contribution in [0.15, 0.2) is 47.1 Å². The van der Waals surface area contributed by atoms with Gasteiger partial charge in [-0.3, -0.25) is 14.6 Å². The van der Waals surface area contributed by atoms with Gasteiger partial charge < -0.3 is 10.2 Å². The molecule has 36 heavy (non-hydrogen) atoms. The summed E-state index contributed by atoms with van der Waals surface area (Å²) in [5.74, 6) is 0.650. The first-order chi connectivity index (χ1) is 17.2. The van der Waals surface area contributed by atoms with Crippen LogP contribution in [-0.4, -0.2) is 49.2 Å². The molecule has 6 nitrogen and oxygen atoms in total. The number of carbonyl (C=O) groups excluding carboxylic acids is 2. The molecule has 4 aliphatic rings. The third-order valence-electron chi connectivity index (χ3n) is 10.3. The molecular weight excluding hydrogens is 472 g/mol. The Balaban J connectivity index is 1.23. The minimum Gasteiger partial charge on any atom is -0.393 e. The lowest BCUT2D eigenvalue weighted by atomic mass is 9.45. The largest absolute Gasteiger partial charge is 0.393 e. The van der Waals surface area contributed by atoms with E-state index in [0.29, 0.717) is 24.3 Å². The molecule has 0 bridgehead atoms. The Hall–Kier alpha value is -2.09. The maximum absolute atomic E-state index is 13.6. The quantitative estimate of drug-likeness (QED) is 0.588. The van der Waals surface area contributed by atoms with Gasteiger partial charge in [-0.15, -0.1) is 0 Å². The van der Waals surface area contributed by atoms with E-state index < -0.39 is 17.1 Å². The smallest absolute Gasteiger partial charge is 0.175 e. The first kappa shape index (κ1) is 24.3. The number of aliphatic hydroxyl groups is 2. The van der Waals surface area contributed by atoms with Crippen molar-refractivity contribution in [1.29, 1.82) is 0 Å². The number of hydrogen-bond acceptors (Lipinski definition) is 7. The molecule has 0 radical (unpaired) electrons. The fourth-order valence-corrected chi connectivity index (χ4v) is 9.23. The van der Waals surface area contributed by atoms with Crippen LogP contribution in [0.2, 0.25) is 0 Å². The average molecular weight is 507 g/mol. The first-order valence-electron chi connectivity index (χ1n) is 13.2. The van der Waals surface area contributed by atoms with E-state index in [9.17, 15) is 19.8 Å². The van der Waals surface area contributed by atoms with E-state index in [2.05, 4.69) is 16.9 Å². The van der Waals surface area contributed by atoms with Gasteiger partial charge in [0.05, 0.1) is 29.1 Å². The second-order valence-corrected chi connectivity index (χ2v) is 12.9. The highest BCUT2D eigenvalue weighted by Crippen LogP contribution is 2.67. The lowest BCUT2D eigenvalue weighted by Crippen LogP contribution is -2.61. The number of para-hydroxylation sites is 2. The second kappa shape index (κ2) is 8.47. The van der Waals surface area contributed by atoms with Crippen LogP contribution in [0.1, 0.15) is 58.8 Å². The van der Waals surface area contributed by atoms with E-state index in [1.54, 1.807) is 6.20 Å². The van der Waals surface area contributed by atoms with Crippen LogP contribution in [0.3, 0.4) is 0 Å². The van der Waals surface area contributed by atoms with Gasteiger partial charge in [0.15, 0.2) is 11.6 Å². The molecule has 190 valence electrons. The molecule has 3 saturated carbocycles. The van der Waals surface area contributed by atoms with E-state index in [1.165, 1.54) is 17.3 Å². The molecule has 1 aromatic heterocycles. The van der Waals surface area contributed by atoms with Crippen molar-refractivity contribution in [2.75, 3.05) is 5.75 Å². The minimum absolute atomic E-state index is 0.0726. The topological polar surface area (TPSA) is 100 Å². The molecule has 0 aliphatic heterocycles. The zero-order valence-corrected chi connectivity index (χ0v) is 21.8. The van der Waals surface area contributed by atoms with Gasteiger partial charge in [-0.2, -0.15) is 0 Å². The van der Waals surface area contributed by atoms with Gasteiger partial charge in [0.25, 0.3) is 0 Å². The maximum Gasteiger partial charge on any atom is 0.175 e. The number of carbonyl (C=O) groups is 2. The molecule has 1 heterocycles. The SMILES string of the molecule is CC12CCC(=O)C=C1CCC1C2[C@@H](O)CC2(C)C1CC[C@]2(O)C(=O)CSc1cnc2ccccc2n1. The molecule has 0 spiro atoms. The summed E-state index contributed by atoms with van der Waals surface area (Å²) >= 11 is 1.32. The van der Waals surface area contributed by atoms with Gasteiger partial charge in [0, 0.05) is 11.8 Å². The molecule has 3 fully saturated rings. The highest BCUT2D eigenvalue weighted by Gasteiger charge is 2.68. The molecule has 7 atom stereocenters. The van der Waals surface area contributed by atoms with E-state index >= 15 is 0 Å². The summed E-state index contributed by atoms with van der Waals surface area (Å²) in [5.41, 5.74) is 0.493. The number of ketones is 2. The van der Waals surface area contributed by atoms with Crippen molar-refractivity contribution in [2.45, 2.75) is 75.5 Å². The summed E-state index contributed by atoms with van der Waals surface area (Å²) in [7, 11) is 0. The van der Waals surface area contributed by atoms with Crippen molar-refractivity contribution in [1.82, 2.24) is 9.97 Å². The van der Waals surface area contributed by atoms with Crippen molar-refractivity contribution in [3.63, 3.8) is 0 Å². The van der Waals surface area contributed by atoms with Crippen molar-refractivity contribution >= 4 is 34.4 Å². The zero-order valence-electron chi connectivity index (χ0n) is 20.9. The number of hydrogen-bond donors (Lipinski definition) is 2. The highest BCUT2D eigenvalue weighted by atomic mass is 32.2. The van der Waals surface area contributed by atoms with Gasteiger partial charge in [-0.05, 0) is 79.9 Å². The predicted octanol–water partition coefficient (Wildman–Crippen LogP) is 4.52. The molecular formula is C29H34N2O4S. The normalized spacial score (nSPS) is 39.8. The number of nitrogens with zero attached hydrogens (tertiary/aromatic N) is 2. The fraction of sp³-hybridized carbons (Fsp3) is 0.586. The molecule has 7 heteroatoms. The molecule has 6 rings (SSSR count). The number of aromatic nitrogens is 2. The van der Waals surface area contributed by atoms with Gasteiger partial charge in [-0.1, -0.05) is 43.3 Å². The van der Waals surface area contributed by atoms with Crippen molar-refractivity contribution < 1.29 is 19.8 Å². The molecule has 2 aromatic rings. The standard InChI is InChI=1S/C29H34N2O4S/c1-27-11-9-18(32)13-17(27)7-8-19-20-10-12-29(35,28(20,2)14-23(33)26(19)27)24(34)16-36-25-15-30-21-5-3-4-6-22(21)31-25/h3-6,13,15,19-20,23,26,33,35H,7-12,14,16H2,1-2H3/t19?,20?,23-,26?,27?,28?,29-/m0/s1. The van der Waals surface area contributed by atoms with Crippen LogP contribution in [0.25, 0.3) is 11.0 Å². The number of rotatable bonds is 4. The van der Waals surface area contributed by atoms with Gasteiger partial charge in [0.2, 0.25) is 0 Å². The number of allylic oxidation sites excluding steroid dienone is 1. The summed E-state index contributed by atoms with van der Waals surface area (Å²) in [4.78, 5) is 34.8. The zero-order chi connectivity index (χ0) is 25.3. The lowest BCUT2D eigenvalue weighted by molar-refractivity contribution is -0.178. The number of thioether (sulfide) groups is 1. The number of Topliss-reactive ketones (excluding diaryl/α,β-unsaturated/α-hetero) is 1. The van der Waals surface area contributed by atoms with Crippen LogP contribution >= 0.6 is 11.8 Å². The van der Waals surface area contributed by atoms with Crippen LogP contribution in [-0.2, 0) is 9.59 Å². The molecule has 4 aliphatic carbocycles. The maximum atomic E-state index is 13.6. The summed E-state index contributed by atoms with van der Waals surface area (Å²) in [5, 5.41) is 24.2. The predicted molar refractivity (Wildman–Crippen MR) is 138 cm³/mol. The Labute approximate surface area is 216 Å². The Morgan fingerprint density at radius 1 is 1.14 bits per heavy atom. The second-order valence-electron chi connectivity index (χ2n) is 11.9. The summed E-state index contributed by atoms with van der Waals surface area (Å²) in [6.07, 6.45) is 7.65. The van der Waals surface area contributed by atoms with E-state index in [1.807, 2.05) is 37.3 Å². The number of benzene rings is 1. The Morgan fingerprint density at radius 3 is 2.72 bits per heavy atom. The first-order valence-corrected chi connectivity index (χ1v) is 14.2. The van der Waals surface area contributed by atoms with Crippen molar-refractivity contribution in [2.24, 2.45) is 28.6 Å². The van der Waals surface area contributed by atoms with Crippen molar-refractivity contribution in [3.8, 4) is 0 Å². The van der Waals surface area contributed by atoms with E-state index in [4.69, 9.17) is 0 Å². The molecule has 1 aromatic carbocycles. The average Bonchev–Trinajstić information content (AvgIpc) is 3.13. The molecule has 0 amide bonds. The Morgan fingerprint density at radius 2 is 1.92 bits per heavy atom. The molecule has 2 N–H and O–H groups in total. The van der Waals surface area contributed by atoms with Crippen LogP contribution in [0.4, 0.5) is 0 Å². The highest BCUT2D eigenvalue weighted by molar-refractivity contribution is 7.99. The Bertz CT molecular complexity index is 1280. The van der Waals surface area contributed by atoms with Crippen LogP contribution in [0, 0.1) is 28.6 Å². The number of aliphatic hydroxyl groups excluding tert-OH is 1. The van der Waals surface area contributed by atoms with Crippen LogP contribution < -0.4 is 0 Å². The Kier molecular flexibility index (Phi) is 5.71. The summed E-state index contributed by atoms with van der Waals surface area (Å²) < 4.78 is 0. The molecule has 5 unspecified atom stereocenters. The minimum atomic E-state index is -1.46. The van der Waals surface area contributed by atoms with Gasteiger partial charge in [-0.25, -0.2) is 4.98 Å². The molecule has 0 saturated heterocycles. The fourth-order valence-electron chi connectivity index (χ4n) is 8.42. The third kappa shape index (κ3) is 3.46. The van der Waals surface area contributed by atoms with Gasteiger partial charge >= 0.3 is 0 Å². The van der Waals surface area contributed by atoms with E-state index in [-0.39, 0.29) is 40.5 Å². The monoisotopic (exact) mass is 506 g/mol. The number of fused-ring (bicyclic) bond motifs is 6.